The predicted octanol–water partition coefficient (Wildman–Crippen LogP) is 4.93. The number of methoxy groups -OCH3 is 1. The Morgan fingerprint density at radius 3 is 2.66 bits per heavy atom. The van der Waals surface area contributed by atoms with Crippen LogP contribution in [0.4, 0.5) is 0 Å². The minimum Gasteiger partial charge on any atom is -0.493 e. The molecule has 0 radical (unpaired) electrons. The average Bonchev–Trinajstić information content (AvgIpc) is 3.68. The van der Waals surface area contributed by atoms with Crippen molar-refractivity contribution in [2.24, 2.45) is 17.3 Å². The van der Waals surface area contributed by atoms with Gasteiger partial charge in [-0.2, -0.15) is 0 Å². The van der Waals surface area contributed by atoms with Crippen LogP contribution in [0.2, 0.25) is 0 Å². The van der Waals surface area contributed by atoms with Crippen LogP contribution in [0.5, 0.6) is 11.5 Å². The van der Waals surface area contributed by atoms with Gasteiger partial charge in [-0.25, -0.2) is 0 Å². The molecule has 0 amide bonds. The van der Waals surface area contributed by atoms with Crippen LogP contribution in [0.25, 0.3) is 0 Å². The first kappa shape index (κ1) is 26.4. The summed E-state index contributed by atoms with van der Waals surface area (Å²) in [7, 11) is 1.71. The summed E-state index contributed by atoms with van der Waals surface area (Å²) in [5, 5.41) is 23.0. The van der Waals surface area contributed by atoms with Gasteiger partial charge in [-0.15, -0.1) is 12.4 Å². The van der Waals surface area contributed by atoms with Crippen molar-refractivity contribution in [3.63, 3.8) is 0 Å². The molecule has 4 unspecified atom stereocenters. The van der Waals surface area contributed by atoms with Crippen molar-refractivity contribution in [3.05, 3.63) is 59.2 Å². The standard InChI is InChI=1S/C32H41NO4.ClH/c1-36-26-13-12-23-17-25-24-18-31(20-34,14-6-5-9-21-7-3-2-4-8-21)29(35)30-32(24,27(23)28(26)37-30)15-16-33(25)19-22-10-11-22;/h2-4,7-8,12-13,22,24-25,29-30,34-35H,5-6,9-11,14-20H2,1H3;1H/t24?,25?,29-,30?,31+,32?;/m0./s1. The lowest BCUT2D eigenvalue weighted by Crippen LogP contribution is -2.71. The highest BCUT2D eigenvalue weighted by Gasteiger charge is 2.70. The van der Waals surface area contributed by atoms with Gasteiger partial charge in [-0.05, 0) is 86.9 Å². The number of likely N-dealkylation sites (tertiary alicyclic amines) is 1. The van der Waals surface area contributed by atoms with Gasteiger partial charge in [0.1, 0.15) is 6.10 Å². The SMILES string of the molecule is COc1ccc2c3c1OC1[C@H](O)[C@](CO)(CCCCc4ccccc4)CC4C(C2)N(CC2CC2)CCC341.Cl. The fourth-order valence-electron chi connectivity index (χ4n) is 8.72. The fourth-order valence-corrected chi connectivity index (χ4v) is 8.72. The number of rotatable bonds is 9. The molecule has 3 fully saturated rings. The number of nitrogens with zero attached hydrogens (tertiary/aromatic N) is 1. The molecule has 2 aromatic rings. The molecule has 2 aromatic carbocycles. The van der Waals surface area contributed by atoms with E-state index in [-0.39, 0.29) is 30.5 Å². The number of aryl methyl sites for hydroxylation is 1. The highest BCUT2D eigenvalue weighted by molar-refractivity contribution is 5.85. The van der Waals surface area contributed by atoms with E-state index in [9.17, 15) is 10.2 Å². The molecule has 2 N–H and O–H groups in total. The zero-order valence-electron chi connectivity index (χ0n) is 22.5. The largest absolute Gasteiger partial charge is 0.493 e. The molecule has 0 aromatic heterocycles. The topological polar surface area (TPSA) is 62.2 Å². The number of aliphatic hydroxyl groups is 2. The molecule has 1 saturated heterocycles. The third-order valence-electron chi connectivity index (χ3n) is 10.8. The van der Waals surface area contributed by atoms with Crippen molar-refractivity contribution < 1.29 is 19.7 Å². The lowest BCUT2D eigenvalue weighted by molar-refractivity contribution is -0.181. The molecule has 6 heteroatoms. The smallest absolute Gasteiger partial charge is 0.165 e. The number of halogens is 1. The number of piperidine rings is 1. The van der Waals surface area contributed by atoms with E-state index in [0.717, 1.165) is 68.9 Å². The molecule has 5 nitrogen and oxygen atoms in total. The summed E-state index contributed by atoms with van der Waals surface area (Å²) >= 11 is 0. The lowest BCUT2D eigenvalue weighted by Gasteiger charge is -2.63. The van der Waals surface area contributed by atoms with Gasteiger partial charge in [0, 0.05) is 29.0 Å². The van der Waals surface area contributed by atoms with Gasteiger partial charge in [-0.1, -0.05) is 42.8 Å². The van der Waals surface area contributed by atoms with E-state index in [0.29, 0.717) is 12.0 Å². The highest BCUT2D eigenvalue weighted by atomic mass is 35.5. The third-order valence-corrected chi connectivity index (χ3v) is 10.8. The summed E-state index contributed by atoms with van der Waals surface area (Å²) in [5.74, 6) is 2.88. The van der Waals surface area contributed by atoms with E-state index in [2.05, 4.69) is 47.4 Å². The number of aliphatic hydroxyl groups excluding tert-OH is 2. The third kappa shape index (κ3) is 3.91. The Hall–Kier alpha value is -1.79. The molecule has 2 saturated carbocycles. The number of hydrogen-bond acceptors (Lipinski definition) is 5. The second-order valence-electron chi connectivity index (χ2n) is 12.6. The summed E-state index contributed by atoms with van der Waals surface area (Å²) in [5.41, 5.74) is 3.36. The zero-order valence-corrected chi connectivity index (χ0v) is 23.3. The van der Waals surface area contributed by atoms with Crippen LogP contribution in [-0.4, -0.2) is 60.2 Å². The van der Waals surface area contributed by atoms with E-state index in [1.54, 1.807) is 7.11 Å². The second kappa shape index (κ2) is 9.99. The van der Waals surface area contributed by atoms with E-state index in [1.807, 2.05) is 0 Å². The van der Waals surface area contributed by atoms with Crippen LogP contribution in [0, 0.1) is 17.3 Å². The summed E-state index contributed by atoms with van der Waals surface area (Å²) in [6.45, 7) is 2.29. The van der Waals surface area contributed by atoms with Crippen LogP contribution in [0.1, 0.15) is 61.6 Å². The predicted molar refractivity (Wildman–Crippen MR) is 150 cm³/mol. The van der Waals surface area contributed by atoms with Gasteiger partial charge in [-0.3, -0.25) is 4.90 Å². The molecule has 7 rings (SSSR count). The van der Waals surface area contributed by atoms with Gasteiger partial charge in [0.2, 0.25) is 0 Å². The Balaban J connectivity index is 0.00000264. The molecule has 6 atom stereocenters. The van der Waals surface area contributed by atoms with Crippen LogP contribution in [0.15, 0.2) is 42.5 Å². The normalized spacial score (nSPS) is 34.7. The average molecular weight is 540 g/mol. The van der Waals surface area contributed by atoms with Gasteiger partial charge in [0.25, 0.3) is 0 Å². The molecule has 2 aliphatic heterocycles. The minimum absolute atomic E-state index is 0. The van der Waals surface area contributed by atoms with Crippen LogP contribution in [-0.2, 0) is 18.3 Å². The second-order valence-corrected chi connectivity index (χ2v) is 12.6. The maximum atomic E-state index is 12.1. The monoisotopic (exact) mass is 539 g/mol. The summed E-state index contributed by atoms with van der Waals surface area (Å²) < 4.78 is 12.5. The van der Waals surface area contributed by atoms with E-state index < -0.39 is 11.5 Å². The van der Waals surface area contributed by atoms with Gasteiger partial charge < -0.3 is 19.7 Å². The molecule has 38 heavy (non-hydrogen) atoms. The van der Waals surface area contributed by atoms with Crippen molar-refractivity contribution in [2.75, 3.05) is 26.8 Å². The minimum atomic E-state index is -0.691. The first-order chi connectivity index (χ1) is 18.1. The Bertz CT molecular complexity index is 1160. The first-order valence-corrected chi connectivity index (χ1v) is 14.5. The Kier molecular flexibility index (Phi) is 6.95. The summed E-state index contributed by atoms with van der Waals surface area (Å²) in [4.78, 5) is 2.77. The Morgan fingerprint density at radius 1 is 1.11 bits per heavy atom. The fraction of sp³-hybridized carbons (Fsp3) is 0.625. The van der Waals surface area contributed by atoms with Crippen LogP contribution < -0.4 is 9.47 Å². The maximum absolute atomic E-state index is 12.1. The molecule has 1 spiro atoms. The van der Waals surface area contributed by atoms with Crippen LogP contribution >= 0.6 is 12.4 Å². The number of benzene rings is 2. The summed E-state index contributed by atoms with van der Waals surface area (Å²) in [6, 6.07) is 15.4. The first-order valence-electron chi connectivity index (χ1n) is 14.5. The molecular formula is C32H42ClNO4. The van der Waals surface area contributed by atoms with E-state index in [4.69, 9.17) is 9.47 Å². The van der Waals surface area contributed by atoms with Gasteiger partial charge in [0.05, 0.1) is 19.8 Å². The number of unbranched alkanes of at least 4 members (excludes halogenated alkanes) is 1. The van der Waals surface area contributed by atoms with Crippen molar-refractivity contribution in [1.29, 1.82) is 0 Å². The molecular weight excluding hydrogens is 498 g/mol. The van der Waals surface area contributed by atoms with Crippen molar-refractivity contribution >= 4 is 12.4 Å². The molecule has 2 heterocycles. The van der Waals surface area contributed by atoms with Crippen LogP contribution in [0.3, 0.4) is 0 Å². The van der Waals surface area contributed by atoms with Crippen molar-refractivity contribution in [1.82, 2.24) is 4.90 Å². The molecule has 5 aliphatic rings. The lowest BCUT2D eigenvalue weighted by atomic mass is 9.46. The highest BCUT2D eigenvalue weighted by Crippen LogP contribution is 2.67. The van der Waals surface area contributed by atoms with Crippen molar-refractivity contribution in [2.45, 2.75) is 81.5 Å². The zero-order chi connectivity index (χ0) is 25.2. The molecule has 3 aliphatic carbocycles. The van der Waals surface area contributed by atoms with E-state index in [1.165, 1.54) is 36.1 Å². The number of hydrogen-bond donors (Lipinski definition) is 2. The molecule has 206 valence electrons. The van der Waals surface area contributed by atoms with E-state index >= 15 is 0 Å². The maximum Gasteiger partial charge on any atom is 0.165 e. The Labute approximate surface area is 232 Å². The Morgan fingerprint density at radius 2 is 1.92 bits per heavy atom. The quantitative estimate of drug-likeness (QED) is 0.442. The molecule has 2 bridgehead atoms. The van der Waals surface area contributed by atoms with Crippen molar-refractivity contribution in [3.8, 4) is 11.5 Å². The number of ether oxygens (including phenoxy) is 2. The van der Waals surface area contributed by atoms with Gasteiger partial charge >= 0.3 is 0 Å². The summed E-state index contributed by atoms with van der Waals surface area (Å²) in [6.07, 6.45) is 8.58. The van der Waals surface area contributed by atoms with Gasteiger partial charge in [0.15, 0.2) is 11.5 Å².